The number of pyridine rings is 3. The van der Waals surface area contributed by atoms with E-state index in [0.717, 1.165) is 6.26 Å². The molecule has 3 aromatic heterocycles. The largest absolute Gasteiger partial charge is 0.485 e. The van der Waals surface area contributed by atoms with Crippen molar-refractivity contribution in [2.45, 2.75) is 37.5 Å². The molecule has 3 aromatic rings. The highest BCUT2D eigenvalue weighted by molar-refractivity contribution is 7.90. The van der Waals surface area contributed by atoms with Crippen LogP contribution in [0.1, 0.15) is 26.3 Å². The minimum absolute atomic E-state index is 0.159. The lowest BCUT2D eigenvalue weighted by molar-refractivity contribution is -0.114. The van der Waals surface area contributed by atoms with E-state index in [9.17, 15) is 18.3 Å². The summed E-state index contributed by atoms with van der Waals surface area (Å²) in [6, 6.07) is 8.03. The van der Waals surface area contributed by atoms with Crippen LogP contribution >= 0.6 is 0 Å². The molecule has 1 amide bonds. The molecule has 0 unspecified atom stereocenters. The first kappa shape index (κ1) is 25.5. The van der Waals surface area contributed by atoms with E-state index in [-0.39, 0.29) is 28.7 Å². The highest BCUT2D eigenvalue weighted by atomic mass is 32.2. The molecule has 1 fully saturated rings. The molecule has 0 aromatic carbocycles. The lowest BCUT2D eigenvalue weighted by Gasteiger charge is -2.27. The molecule has 12 heteroatoms. The number of amides is 1. The number of hydrogen-bond donors (Lipinski definition) is 3. The second-order valence-corrected chi connectivity index (χ2v) is 11.0. The summed E-state index contributed by atoms with van der Waals surface area (Å²) in [5, 5.41) is 15.8. The van der Waals surface area contributed by atoms with E-state index in [4.69, 9.17) is 9.47 Å². The van der Waals surface area contributed by atoms with E-state index >= 15 is 0 Å². The Morgan fingerprint density at radius 2 is 1.89 bits per heavy atom. The van der Waals surface area contributed by atoms with Gasteiger partial charge in [0.1, 0.15) is 23.5 Å². The van der Waals surface area contributed by atoms with E-state index < -0.39 is 15.4 Å². The fraction of sp³-hybridized carbons (Fsp3) is 0.333. The number of carbonyl (C=O) groups is 1. The Morgan fingerprint density at radius 1 is 1.14 bits per heavy atom. The first-order valence-corrected chi connectivity index (χ1v) is 13.0. The van der Waals surface area contributed by atoms with Gasteiger partial charge in [-0.2, -0.15) is 0 Å². The Hall–Kier alpha value is -3.61. The van der Waals surface area contributed by atoms with Gasteiger partial charge < -0.3 is 25.2 Å². The number of carbonyl (C=O) groups excluding carboxylic acids is 1. The first-order valence-electron chi connectivity index (χ1n) is 11.1. The van der Waals surface area contributed by atoms with Crippen molar-refractivity contribution in [3.05, 3.63) is 48.3 Å². The van der Waals surface area contributed by atoms with Crippen LogP contribution in [-0.2, 0) is 25.0 Å². The predicted molar refractivity (Wildman–Crippen MR) is 133 cm³/mol. The van der Waals surface area contributed by atoms with E-state index in [1.54, 1.807) is 44.3 Å². The first-order chi connectivity index (χ1) is 16.9. The predicted octanol–water partition coefficient (Wildman–Crippen LogP) is 2.65. The van der Waals surface area contributed by atoms with Gasteiger partial charge >= 0.3 is 0 Å². The third-order valence-electron chi connectivity index (χ3n) is 5.28. The number of nitrogens with zero attached hydrogens (tertiary/aromatic N) is 3. The van der Waals surface area contributed by atoms with Gasteiger partial charge in [0.05, 0.1) is 30.2 Å². The molecule has 0 bridgehead atoms. The lowest BCUT2D eigenvalue weighted by Crippen LogP contribution is -2.38. The molecule has 3 N–H and O–H groups in total. The standard InChI is InChI=1S/C24H27N5O6S/c1-14(30)27-21-9-20(18(11-26-21)19-6-5-15(10-25-19)24(2,3)31)28-22-7-16(35-17-12-34-13-17)8-23(29-22)36(4,32)33/h5-11,17,31H,12-13H2,1-4H3,(H2,26,27,28,29,30). The van der Waals surface area contributed by atoms with Crippen molar-refractivity contribution in [3.63, 3.8) is 0 Å². The van der Waals surface area contributed by atoms with E-state index in [1.165, 1.54) is 19.2 Å². The Morgan fingerprint density at radius 3 is 2.44 bits per heavy atom. The van der Waals surface area contributed by atoms with E-state index in [1.807, 2.05) is 0 Å². The van der Waals surface area contributed by atoms with Crippen LogP contribution in [0.15, 0.2) is 47.8 Å². The molecule has 36 heavy (non-hydrogen) atoms. The maximum absolute atomic E-state index is 12.3. The minimum Gasteiger partial charge on any atom is -0.485 e. The number of aliphatic hydroxyl groups is 1. The normalized spacial score (nSPS) is 14.1. The fourth-order valence-corrected chi connectivity index (χ4v) is 3.94. The number of anilines is 3. The van der Waals surface area contributed by atoms with E-state index in [2.05, 4.69) is 25.6 Å². The van der Waals surface area contributed by atoms with Crippen molar-refractivity contribution in [1.82, 2.24) is 15.0 Å². The summed E-state index contributed by atoms with van der Waals surface area (Å²) >= 11 is 0. The zero-order valence-electron chi connectivity index (χ0n) is 20.3. The molecule has 0 saturated carbocycles. The molecule has 190 valence electrons. The van der Waals surface area contributed by atoms with Crippen LogP contribution in [0.4, 0.5) is 17.3 Å². The van der Waals surface area contributed by atoms with Crippen LogP contribution in [0.3, 0.4) is 0 Å². The van der Waals surface area contributed by atoms with Crippen LogP contribution in [0.5, 0.6) is 5.75 Å². The molecule has 1 aliphatic rings. The SMILES string of the molecule is CC(=O)Nc1cc(Nc2cc(OC3COC3)cc(S(C)(=O)=O)n2)c(-c2ccc(C(C)(C)O)cn2)cn1. The highest BCUT2D eigenvalue weighted by Gasteiger charge is 2.23. The third kappa shape index (κ3) is 6.14. The molecule has 0 aliphatic carbocycles. The topological polar surface area (TPSA) is 153 Å². The second kappa shape index (κ2) is 9.80. The Labute approximate surface area is 208 Å². The second-order valence-electron chi connectivity index (χ2n) is 8.99. The van der Waals surface area contributed by atoms with Crippen LogP contribution in [-0.4, -0.2) is 60.0 Å². The number of hydrogen-bond acceptors (Lipinski definition) is 10. The van der Waals surface area contributed by atoms with Crippen molar-refractivity contribution in [1.29, 1.82) is 0 Å². The molecule has 11 nitrogen and oxygen atoms in total. The zero-order chi connectivity index (χ0) is 26.1. The number of nitrogens with one attached hydrogen (secondary N) is 2. The molecule has 4 rings (SSSR count). The van der Waals surface area contributed by atoms with Gasteiger partial charge in [-0.25, -0.2) is 18.4 Å². The number of rotatable bonds is 8. The number of sulfone groups is 1. The van der Waals surface area contributed by atoms with Gasteiger partial charge in [-0.05, 0) is 19.9 Å². The van der Waals surface area contributed by atoms with Gasteiger partial charge in [0, 0.05) is 54.9 Å². The number of ether oxygens (including phenoxy) is 2. The summed E-state index contributed by atoms with van der Waals surface area (Å²) in [7, 11) is -3.64. The van der Waals surface area contributed by atoms with Crippen molar-refractivity contribution in [2.24, 2.45) is 0 Å². The van der Waals surface area contributed by atoms with Crippen molar-refractivity contribution < 1.29 is 27.8 Å². The average molecular weight is 514 g/mol. The smallest absolute Gasteiger partial charge is 0.222 e. The highest BCUT2D eigenvalue weighted by Crippen LogP contribution is 2.33. The van der Waals surface area contributed by atoms with Gasteiger partial charge in [-0.3, -0.25) is 9.78 Å². The van der Waals surface area contributed by atoms with Crippen molar-refractivity contribution >= 4 is 33.1 Å². The number of aromatic nitrogens is 3. The average Bonchev–Trinajstić information content (AvgIpc) is 2.75. The van der Waals surface area contributed by atoms with E-state index in [0.29, 0.717) is 41.5 Å². The molecular formula is C24H27N5O6S. The van der Waals surface area contributed by atoms with Crippen LogP contribution < -0.4 is 15.4 Å². The van der Waals surface area contributed by atoms with Gasteiger partial charge in [0.2, 0.25) is 5.91 Å². The summed E-state index contributed by atoms with van der Waals surface area (Å²) in [5.41, 5.74) is 1.14. The fourth-order valence-electron chi connectivity index (χ4n) is 3.34. The third-order valence-corrected chi connectivity index (χ3v) is 6.25. The maximum atomic E-state index is 12.3. The minimum atomic E-state index is -3.64. The van der Waals surface area contributed by atoms with Gasteiger partial charge in [0.25, 0.3) is 0 Å². The summed E-state index contributed by atoms with van der Waals surface area (Å²) in [5.74, 6) is 0.516. The maximum Gasteiger partial charge on any atom is 0.222 e. The van der Waals surface area contributed by atoms with Gasteiger partial charge in [0.15, 0.2) is 14.9 Å². The van der Waals surface area contributed by atoms with Crippen LogP contribution in [0.2, 0.25) is 0 Å². The molecule has 1 saturated heterocycles. The molecule has 0 spiro atoms. The Kier molecular flexibility index (Phi) is 6.94. The Bertz CT molecular complexity index is 1380. The quantitative estimate of drug-likeness (QED) is 0.410. The monoisotopic (exact) mass is 513 g/mol. The van der Waals surface area contributed by atoms with Crippen molar-refractivity contribution in [2.75, 3.05) is 30.1 Å². The molecule has 0 radical (unpaired) electrons. The molecular weight excluding hydrogens is 486 g/mol. The lowest BCUT2D eigenvalue weighted by atomic mass is 9.99. The molecule has 0 atom stereocenters. The van der Waals surface area contributed by atoms with Crippen LogP contribution in [0.25, 0.3) is 11.3 Å². The summed E-state index contributed by atoms with van der Waals surface area (Å²) in [6.07, 6.45) is 3.99. The zero-order valence-corrected chi connectivity index (χ0v) is 21.1. The molecule has 1 aliphatic heterocycles. The summed E-state index contributed by atoms with van der Waals surface area (Å²) < 4.78 is 35.5. The molecule has 4 heterocycles. The van der Waals surface area contributed by atoms with Crippen LogP contribution in [0, 0.1) is 0 Å². The Balaban J connectivity index is 1.76. The van der Waals surface area contributed by atoms with Crippen molar-refractivity contribution in [3.8, 4) is 17.0 Å². The van der Waals surface area contributed by atoms with Gasteiger partial charge in [-0.15, -0.1) is 0 Å². The summed E-state index contributed by atoms with van der Waals surface area (Å²) in [4.78, 5) is 24.6. The van der Waals surface area contributed by atoms with Gasteiger partial charge in [-0.1, -0.05) is 6.07 Å². The summed E-state index contributed by atoms with van der Waals surface area (Å²) in [6.45, 7) is 5.53.